The highest BCUT2D eigenvalue weighted by atomic mass is 16.5. The first-order valence-electron chi connectivity index (χ1n) is 13.7. The predicted molar refractivity (Wildman–Crippen MR) is 146 cm³/mol. The largest absolute Gasteiger partial charge is 0.497 e. The van der Waals surface area contributed by atoms with Crippen LogP contribution in [-0.4, -0.2) is 35.8 Å². The number of ether oxygens (including phenoxy) is 3. The van der Waals surface area contributed by atoms with Crippen LogP contribution >= 0.6 is 0 Å². The Bertz CT molecular complexity index is 1180. The SMILES string of the molecule is CCCCCn1c(-c2ccc(OC)cc2)nc(C)c1CCOc1ccc2c(c1)CC[C@H]2CC(=O)OCC. The van der Waals surface area contributed by atoms with Gasteiger partial charge in [0.25, 0.3) is 0 Å². The van der Waals surface area contributed by atoms with Crippen molar-refractivity contribution in [2.75, 3.05) is 20.3 Å². The van der Waals surface area contributed by atoms with E-state index in [-0.39, 0.29) is 11.9 Å². The summed E-state index contributed by atoms with van der Waals surface area (Å²) in [6.45, 7) is 8.15. The smallest absolute Gasteiger partial charge is 0.306 e. The van der Waals surface area contributed by atoms with E-state index in [9.17, 15) is 4.79 Å². The minimum absolute atomic E-state index is 0.111. The van der Waals surface area contributed by atoms with Crippen LogP contribution < -0.4 is 9.47 Å². The molecule has 0 bridgehead atoms. The van der Waals surface area contributed by atoms with Crippen LogP contribution in [0.25, 0.3) is 11.4 Å². The van der Waals surface area contributed by atoms with Crippen LogP contribution in [0.15, 0.2) is 42.5 Å². The summed E-state index contributed by atoms with van der Waals surface area (Å²) in [4.78, 5) is 16.9. The zero-order chi connectivity index (χ0) is 26.2. The van der Waals surface area contributed by atoms with Gasteiger partial charge in [-0.2, -0.15) is 0 Å². The number of hydrogen-bond acceptors (Lipinski definition) is 5. The van der Waals surface area contributed by atoms with Crippen molar-refractivity contribution in [1.29, 1.82) is 0 Å². The van der Waals surface area contributed by atoms with Gasteiger partial charge in [0.2, 0.25) is 0 Å². The third kappa shape index (κ3) is 6.54. The van der Waals surface area contributed by atoms with E-state index in [1.54, 1.807) is 7.11 Å². The molecule has 0 saturated heterocycles. The van der Waals surface area contributed by atoms with Gasteiger partial charge in [0.1, 0.15) is 17.3 Å². The fraction of sp³-hybridized carbons (Fsp3) is 0.484. The first-order valence-corrected chi connectivity index (χ1v) is 13.7. The van der Waals surface area contributed by atoms with Crippen molar-refractivity contribution >= 4 is 5.97 Å². The van der Waals surface area contributed by atoms with Crippen LogP contribution in [0.1, 0.15) is 74.4 Å². The molecule has 1 atom stereocenters. The van der Waals surface area contributed by atoms with E-state index in [0.29, 0.717) is 19.6 Å². The number of methoxy groups -OCH3 is 1. The van der Waals surface area contributed by atoms with Gasteiger partial charge in [0, 0.05) is 24.2 Å². The van der Waals surface area contributed by atoms with Crippen LogP contribution in [0.5, 0.6) is 11.5 Å². The molecular formula is C31H40N2O4. The van der Waals surface area contributed by atoms with Gasteiger partial charge in [-0.1, -0.05) is 25.8 Å². The number of aryl methyl sites for hydroxylation is 2. The summed E-state index contributed by atoms with van der Waals surface area (Å²) < 4.78 is 19.1. The van der Waals surface area contributed by atoms with Gasteiger partial charge in [-0.25, -0.2) is 4.98 Å². The Kier molecular flexibility index (Phi) is 9.26. The monoisotopic (exact) mass is 504 g/mol. The van der Waals surface area contributed by atoms with Crippen LogP contribution in [0, 0.1) is 6.92 Å². The van der Waals surface area contributed by atoms with Crippen molar-refractivity contribution in [2.24, 2.45) is 0 Å². The summed E-state index contributed by atoms with van der Waals surface area (Å²) >= 11 is 0. The zero-order valence-electron chi connectivity index (χ0n) is 22.7. The number of nitrogens with zero attached hydrogens (tertiary/aromatic N) is 2. The van der Waals surface area contributed by atoms with Crippen LogP contribution in [0.4, 0.5) is 0 Å². The van der Waals surface area contributed by atoms with E-state index in [1.807, 2.05) is 25.1 Å². The number of esters is 1. The molecule has 6 heteroatoms. The zero-order valence-corrected chi connectivity index (χ0v) is 22.7. The van der Waals surface area contributed by atoms with E-state index in [0.717, 1.165) is 60.8 Å². The minimum Gasteiger partial charge on any atom is -0.497 e. The second-order valence-corrected chi connectivity index (χ2v) is 9.76. The first kappa shape index (κ1) is 26.8. The highest BCUT2D eigenvalue weighted by Crippen LogP contribution is 2.37. The molecule has 1 heterocycles. The average Bonchev–Trinajstić information content (AvgIpc) is 3.44. The molecule has 0 radical (unpaired) electrons. The maximum atomic E-state index is 12.0. The second kappa shape index (κ2) is 12.8. The van der Waals surface area contributed by atoms with Crippen molar-refractivity contribution in [1.82, 2.24) is 9.55 Å². The molecule has 3 aromatic rings. The van der Waals surface area contributed by atoms with Crippen molar-refractivity contribution in [3.05, 3.63) is 65.0 Å². The lowest BCUT2D eigenvalue weighted by Gasteiger charge is -2.14. The minimum atomic E-state index is -0.111. The maximum absolute atomic E-state index is 12.0. The Hall–Kier alpha value is -3.28. The molecule has 1 aliphatic rings. The fourth-order valence-corrected chi connectivity index (χ4v) is 5.31. The molecule has 37 heavy (non-hydrogen) atoms. The number of fused-ring (bicyclic) bond motifs is 1. The highest BCUT2D eigenvalue weighted by Gasteiger charge is 2.25. The molecular weight excluding hydrogens is 464 g/mol. The Labute approximate surface area is 221 Å². The van der Waals surface area contributed by atoms with Crippen LogP contribution in [0.3, 0.4) is 0 Å². The quantitative estimate of drug-likeness (QED) is 0.192. The summed E-state index contributed by atoms with van der Waals surface area (Å²) in [5.74, 6) is 2.89. The first-order chi connectivity index (χ1) is 18.0. The fourth-order valence-electron chi connectivity index (χ4n) is 5.31. The Balaban J connectivity index is 1.44. The summed E-state index contributed by atoms with van der Waals surface area (Å²) in [6.07, 6.45) is 6.72. The summed E-state index contributed by atoms with van der Waals surface area (Å²) in [7, 11) is 1.69. The standard InChI is InChI=1S/C31H40N2O4/c1-5-7-8-18-33-29(22(3)32-31(33)23-11-13-26(35-4)14-12-23)17-19-37-27-15-16-28-24(20-27)9-10-25(28)21-30(34)36-6-2/h11-16,20,25H,5-10,17-19,21H2,1-4H3/t25-/m0/s1. The van der Waals surface area contributed by atoms with Gasteiger partial charge in [0.05, 0.1) is 32.4 Å². The van der Waals surface area contributed by atoms with Gasteiger partial charge in [-0.3, -0.25) is 4.79 Å². The normalized spacial score (nSPS) is 14.4. The Morgan fingerprint density at radius 1 is 1.08 bits per heavy atom. The molecule has 0 fully saturated rings. The highest BCUT2D eigenvalue weighted by molar-refractivity contribution is 5.71. The lowest BCUT2D eigenvalue weighted by molar-refractivity contribution is -0.143. The van der Waals surface area contributed by atoms with E-state index >= 15 is 0 Å². The summed E-state index contributed by atoms with van der Waals surface area (Å²) in [5, 5.41) is 0. The van der Waals surface area contributed by atoms with Gasteiger partial charge >= 0.3 is 5.97 Å². The van der Waals surface area contributed by atoms with Crippen molar-refractivity contribution < 1.29 is 19.0 Å². The summed E-state index contributed by atoms with van der Waals surface area (Å²) in [6, 6.07) is 14.5. The van der Waals surface area contributed by atoms with E-state index in [1.165, 1.54) is 29.7 Å². The van der Waals surface area contributed by atoms with Crippen LogP contribution in [-0.2, 0) is 28.9 Å². The van der Waals surface area contributed by atoms with Gasteiger partial charge < -0.3 is 18.8 Å². The number of benzene rings is 2. The molecule has 198 valence electrons. The van der Waals surface area contributed by atoms with E-state index in [4.69, 9.17) is 19.2 Å². The van der Waals surface area contributed by atoms with Crippen molar-refractivity contribution in [2.45, 2.75) is 78.2 Å². The molecule has 6 nitrogen and oxygen atoms in total. The average molecular weight is 505 g/mol. The second-order valence-electron chi connectivity index (χ2n) is 9.76. The van der Waals surface area contributed by atoms with E-state index in [2.05, 4.69) is 42.7 Å². The number of carbonyl (C=O) groups is 1. The molecule has 4 rings (SSSR count). The molecule has 0 unspecified atom stereocenters. The number of imidazole rings is 1. The molecule has 1 aliphatic carbocycles. The molecule has 0 amide bonds. The number of aromatic nitrogens is 2. The summed E-state index contributed by atoms with van der Waals surface area (Å²) in [5.41, 5.74) is 5.94. The molecule has 0 saturated carbocycles. The van der Waals surface area contributed by atoms with Crippen molar-refractivity contribution in [3.8, 4) is 22.9 Å². The van der Waals surface area contributed by atoms with Crippen molar-refractivity contribution in [3.63, 3.8) is 0 Å². The topological polar surface area (TPSA) is 62.6 Å². The number of carbonyl (C=O) groups excluding carboxylic acids is 1. The van der Waals surface area contributed by atoms with Gasteiger partial charge in [-0.15, -0.1) is 0 Å². The molecule has 0 N–H and O–H groups in total. The lowest BCUT2D eigenvalue weighted by atomic mass is 9.98. The van der Waals surface area contributed by atoms with Crippen LogP contribution in [0.2, 0.25) is 0 Å². The Morgan fingerprint density at radius 2 is 1.86 bits per heavy atom. The molecule has 1 aromatic heterocycles. The Morgan fingerprint density at radius 3 is 2.59 bits per heavy atom. The van der Waals surface area contributed by atoms with Gasteiger partial charge in [0.15, 0.2) is 0 Å². The number of rotatable bonds is 13. The predicted octanol–water partition coefficient (Wildman–Crippen LogP) is 6.66. The lowest BCUT2D eigenvalue weighted by Crippen LogP contribution is -2.10. The third-order valence-corrected chi connectivity index (χ3v) is 7.25. The third-order valence-electron chi connectivity index (χ3n) is 7.25. The number of hydrogen-bond donors (Lipinski definition) is 0. The van der Waals surface area contributed by atoms with E-state index < -0.39 is 0 Å². The van der Waals surface area contributed by atoms with Gasteiger partial charge in [-0.05, 0) is 86.6 Å². The molecule has 0 spiro atoms. The molecule has 0 aliphatic heterocycles. The number of unbranched alkanes of at least 4 members (excludes halogenated alkanes) is 2. The maximum Gasteiger partial charge on any atom is 0.306 e. The molecule has 2 aromatic carbocycles.